The molecular formula is C24H26SiZr-4. The summed E-state index contributed by atoms with van der Waals surface area (Å²) < 4.78 is 0. The zero-order chi connectivity index (χ0) is 17.4. The maximum Gasteiger partial charge on any atom is -0.0623 e. The van der Waals surface area contributed by atoms with Crippen molar-refractivity contribution in [1.82, 2.24) is 0 Å². The molecule has 0 unspecified atom stereocenters. The summed E-state index contributed by atoms with van der Waals surface area (Å²) in [5.74, 6) is 0. The van der Waals surface area contributed by atoms with Gasteiger partial charge in [0.15, 0.2) is 0 Å². The van der Waals surface area contributed by atoms with Crippen molar-refractivity contribution in [3.8, 4) is 11.1 Å². The Kier molecular flexibility index (Phi) is 12.2. The fourth-order valence-corrected chi connectivity index (χ4v) is 2.64. The summed E-state index contributed by atoms with van der Waals surface area (Å²) in [7, 11) is 0. The Morgan fingerprint density at radius 3 is 2.08 bits per heavy atom. The summed E-state index contributed by atoms with van der Waals surface area (Å²) in [6.45, 7) is 7.33. The summed E-state index contributed by atoms with van der Waals surface area (Å²) in [6, 6.07) is 23.4. The molecule has 1 aliphatic carbocycles. The van der Waals surface area contributed by atoms with Crippen LogP contribution in [0, 0.1) is 20.9 Å². The molecule has 134 valence electrons. The van der Waals surface area contributed by atoms with E-state index in [1.54, 1.807) is 0 Å². The molecule has 4 rings (SSSR count). The molecule has 0 aliphatic heterocycles. The second kappa shape index (κ2) is 12.9. The van der Waals surface area contributed by atoms with Gasteiger partial charge in [0.25, 0.3) is 0 Å². The average Bonchev–Trinajstić information content (AvgIpc) is 3.24. The van der Waals surface area contributed by atoms with E-state index in [0.717, 1.165) is 6.42 Å². The third-order valence-electron chi connectivity index (χ3n) is 4.12. The monoisotopic (exact) mass is 432 g/mol. The van der Waals surface area contributed by atoms with E-state index < -0.39 is 0 Å². The largest absolute Gasteiger partial charge is 0.150 e. The maximum atomic E-state index is 3.12. The van der Waals surface area contributed by atoms with Crippen molar-refractivity contribution < 1.29 is 23.3 Å². The fraction of sp³-hybridized carbons (Fsp3) is 0.125. The van der Waals surface area contributed by atoms with Crippen LogP contribution in [-0.2, 0) is 23.3 Å². The van der Waals surface area contributed by atoms with Gasteiger partial charge in [-0.2, -0.15) is 5.57 Å². The van der Waals surface area contributed by atoms with E-state index in [9.17, 15) is 0 Å². The molecule has 0 nitrogen and oxygen atoms in total. The molecule has 3 aromatic rings. The number of benzene rings is 2. The van der Waals surface area contributed by atoms with Crippen LogP contribution >= 0.6 is 0 Å². The van der Waals surface area contributed by atoms with Crippen LogP contribution in [0.15, 0.2) is 84.0 Å². The van der Waals surface area contributed by atoms with Crippen molar-refractivity contribution in [1.29, 1.82) is 0 Å². The van der Waals surface area contributed by atoms with Crippen molar-refractivity contribution in [3.63, 3.8) is 0 Å². The van der Waals surface area contributed by atoms with Gasteiger partial charge in [-0.15, -0.1) is 60.0 Å². The molecule has 2 radical (unpaired) electrons. The van der Waals surface area contributed by atoms with E-state index in [1.165, 1.54) is 56.4 Å². The molecule has 0 heterocycles. The molecule has 26 heavy (non-hydrogen) atoms. The van der Waals surface area contributed by atoms with Gasteiger partial charge in [0, 0.05) is 0 Å². The number of allylic oxidation sites excluding steroid dienone is 4. The summed E-state index contributed by atoms with van der Waals surface area (Å²) >= 11 is 1.36. The SMILES string of the molecule is CC1=C(C)C[C-]=C1.[CH3-].[CH3-].[Si]=[Zr].c1ccc(-c2c[cH-]c3ccccc23)cc1. The predicted octanol–water partition coefficient (Wildman–Crippen LogP) is 6.83. The number of fused-ring (bicyclic) bond motifs is 1. The summed E-state index contributed by atoms with van der Waals surface area (Å²) in [5, 5.41) is 2.65. The molecule has 1 aliphatic rings. The topological polar surface area (TPSA) is 0 Å². The van der Waals surface area contributed by atoms with Gasteiger partial charge in [0.05, 0.1) is 0 Å². The van der Waals surface area contributed by atoms with Crippen molar-refractivity contribution in [2.45, 2.75) is 20.3 Å². The minimum absolute atomic E-state index is 0. The second-order valence-electron chi connectivity index (χ2n) is 5.69. The summed E-state index contributed by atoms with van der Waals surface area (Å²) in [4.78, 5) is 0. The second-order valence-corrected chi connectivity index (χ2v) is 5.69. The molecule has 0 N–H and O–H groups in total. The zero-order valence-electron chi connectivity index (χ0n) is 16.1. The van der Waals surface area contributed by atoms with E-state index in [-0.39, 0.29) is 14.9 Å². The molecule has 0 aromatic heterocycles. The van der Waals surface area contributed by atoms with Crippen LogP contribution in [0.4, 0.5) is 0 Å². The van der Waals surface area contributed by atoms with Crippen LogP contribution in [-0.4, -0.2) is 6.88 Å². The number of hydrogen-bond donors (Lipinski definition) is 0. The zero-order valence-corrected chi connectivity index (χ0v) is 19.6. The Morgan fingerprint density at radius 2 is 1.54 bits per heavy atom. The fourth-order valence-electron chi connectivity index (χ4n) is 2.64. The van der Waals surface area contributed by atoms with Crippen LogP contribution in [0.1, 0.15) is 20.3 Å². The molecular weight excluding hydrogens is 408 g/mol. The summed E-state index contributed by atoms with van der Waals surface area (Å²) in [5.41, 5.74) is 5.46. The number of hydrogen-bond acceptors (Lipinski definition) is 0. The standard InChI is InChI=1S/C15H11.C7H9.2CH3.Si.Zr/c1-2-6-12(7-3-1)15-11-10-13-8-4-5-9-14(13)15;1-6-4-3-5-7(6)2;;;;/h1-11H;4H,5H2,1-2H3;2*1H3;;/q4*-1;;. The van der Waals surface area contributed by atoms with Crippen LogP contribution < -0.4 is 0 Å². The van der Waals surface area contributed by atoms with Gasteiger partial charge >= 0.3 is 30.2 Å². The van der Waals surface area contributed by atoms with Gasteiger partial charge in [-0.1, -0.05) is 48.9 Å². The van der Waals surface area contributed by atoms with E-state index in [4.69, 9.17) is 0 Å². The molecule has 0 fully saturated rings. The first-order valence-electron chi connectivity index (χ1n) is 7.93. The Hall–Kier alpha value is -1.37. The van der Waals surface area contributed by atoms with Crippen LogP contribution in [0.5, 0.6) is 0 Å². The molecule has 0 amide bonds. The van der Waals surface area contributed by atoms with Gasteiger partial charge in [-0.25, -0.2) is 11.6 Å². The average molecular weight is 434 g/mol. The van der Waals surface area contributed by atoms with E-state index in [2.05, 4.69) is 99.6 Å². The minimum atomic E-state index is 0. The molecule has 0 saturated carbocycles. The number of rotatable bonds is 1. The normalized spacial score (nSPS) is 11.4. The first kappa shape index (κ1) is 24.6. The van der Waals surface area contributed by atoms with Crippen LogP contribution in [0.2, 0.25) is 0 Å². The predicted molar refractivity (Wildman–Crippen MR) is 114 cm³/mol. The molecule has 2 heteroatoms. The van der Waals surface area contributed by atoms with E-state index >= 15 is 0 Å². The van der Waals surface area contributed by atoms with Crippen molar-refractivity contribution >= 4 is 17.7 Å². The van der Waals surface area contributed by atoms with Gasteiger partial charge in [-0.05, 0) is 0 Å². The first-order valence-corrected chi connectivity index (χ1v) is 12.1. The van der Waals surface area contributed by atoms with Gasteiger partial charge < -0.3 is 14.9 Å². The van der Waals surface area contributed by atoms with Gasteiger partial charge in [0.1, 0.15) is 0 Å². The molecule has 3 aromatic carbocycles. The smallest absolute Gasteiger partial charge is 0.0623 e. The third kappa shape index (κ3) is 6.41. The Labute approximate surface area is 176 Å². The third-order valence-corrected chi connectivity index (χ3v) is 4.12. The molecule has 0 saturated heterocycles. The Balaban J connectivity index is 0.000000489. The Bertz CT molecular complexity index is 841. The van der Waals surface area contributed by atoms with Crippen molar-refractivity contribution in [2.75, 3.05) is 0 Å². The van der Waals surface area contributed by atoms with Crippen LogP contribution in [0.3, 0.4) is 0 Å². The minimum Gasteiger partial charge on any atom is -0.150 e. The molecule has 0 spiro atoms. The molecule has 0 atom stereocenters. The van der Waals surface area contributed by atoms with Crippen molar-refractivity contribution in [3.05, 3.63) is 105 Å². The Morgan fingerprint density at radius 1 is 0.923 bits per heavy atom. The molecule has 0 bridgehead atoms. The summed E-state index contributed by atoms with van der Waals surface area (Å²) in [6.07, 6.45) is 6.22. The maximum absolute atomic E-state index is 3.12. The van der Waals surface area contributed by atoms with Gasteiger partial charge in [0.2, 0.25) is 0 Å². The van der Waals surface area contributed by atoms with E-state index in [0.29, 0.717) is 0 Å². The van der Waals surface area contributed by atoms with Crippen molar-refractivity contribution in [2.24, 2.45) is 0 Å². The quantitative estimate of drug-likeness (QED) is 0.291. The first-order chi connectivity index (χ1) is 11.8. The van der Waals surface area contributed by atoms with E-state index in [1.807, 2.05) is 0 Å². The van der Waals surface area contributed by atoms with Gasteiger partial charge in [-0.3, -0.25) is 6.08 Å². The van der Waals surface area contributed by atoms with Crippen LogP contribution in [0.25, 0.3) is 21.9 Å².